The van der Waals surface area contributed by atoms with Crippen molar-refractivity contribution in [2.75, 3.05) is 6.54 Å². The first-order valence-corrected chi connectivity index (χ1v) is 7.40. The van der Waals surface area contributed by atoms with Gasteiger partial charge in [-0.2, -0.15) is 0 Å². The maximum atomic E-state index is 13.1. The second-order valence-corrected chi connectivity index (χ2v) is 6.76. The molecule has 2 rings (SSSR count). The van der Waals surface area contributed by atoms with Crippen LogP contribution in [0.25, 0.3) is 0 Å². The fraction of sp³-hybridized carbons (Fsp3) is 0.600. The van der Waals surface area contributed by atoms with Gasteiger partial charge in [-0.3, -0.25) is 0 Å². The van der Waals surface area contributed by atoms with Crippen LogP contribution < -0.4 is 5.32 Å². The van der Waals surface area contributed by atoms with E-state index in [9.17, 15) is 4.39 Å². The zero-order valence-electron chi connectivity index (χ0n) is 11.3. The van der Waals surface area contributed by atoms with Crippen molar-refractivity contribution in [3.63, 3.8) is 0 Å². The van der Waals surface area contributed by atoms with Gasteiger partial charge in [-0.15, -0.1) is 0 Å². The van der Waals surface area contributed by atoms with E-state index in [1.54, 1.807) is 12.1 Å². The quantitative estimate of drug-likeness (QED) is 0.861. The molecule has 1 saturated carbocycles. The summed E-state index contributed by atoms with van der Waals surface area (Å²) in [5.74, 6) is 0.548. The molecule has 2 atom stereocenters. The summed E-state index contributed by atoms with van der Waals surface area (Å²) >= 11 is 3.46. The molecule has 1 aliphatic carbocycles. The Hall–Kier alpha value is -0.410. The first-order valence-electron chi connectivity index (χ1n) is 6.61. The minimum Gasteiger partial charge on any atom is -0.314 e. The molecule has 0 aromatic heterocycles. The van der Waals surface area contributed by atoms with Crippen LogP contribution in [-0.4, -0.2) is 12.6 Å². The minimum atomic E-state index is -0.183. The first-order chi connectivity index (χ1) is 8.44. The van der Waals surface area contributed by atoms with Crippen LogP contribution in [0.3, 0.4) is 0 Å². The van der Waals surface area contributed by atoms with Gasteiger partial charge in [0.15, 0.2) is 0 Å². The van der Waals surface area contributed by atoms with Gasteiger partial charge in [0.2, 0.25) is 0 Å². The largest absolute Gasteiger partial charge is 0.314 e. The topological polar surface area (TPSA) is 12.0 Å². The fourth-order valence-corrected chi connectivity index (χ4v) is 3.25. The van der Waals surface area contributed by atoms with Gasteiger partial charge in [0.05, 0.1) is 0 Å². The van der Waals surface area contributed by atoms with Crippen LogP contribution in [0.2, 0.25) is 0 Å². The number of nitrogens with one attached hydrogen (secondary N) is 1. The van der Waals surface area contributed by atoms with E-state index in [1.165, 1.54) is 12.0 Å². The molecule has 0 amide bonds. The third-order valence-corrected chi connectivity index (χ3v) is 4.73. The zero-order chi connectivity index (χ0) is 13.3. The van der Waals surface area contributed by atoms with E-state index in [4.69, 9.17) is 0 Å². The molecule has 1 fully saturated rings. The summed E-state index contributed by atoms with van der Waals surface area (Å²) < 4.78 is 14.0. The van der Waals surface area contributed by atoms with Gasteiger partial charge in [0, 0.05) is 10.5 Å². The summed E-state index contributed by atoms with van der Waals surface area (Å²) in [7, 11) is 0. The van der Waals surface area contributed by atoms with E-state index in [2.05, 4.69) is 42.0 Å². The van der Waals surface area contributed by atoms with E-state index < -0.39 is 0 Å². The van der Waals surface area contributed by atoms with Gasteiger partial charge in [0.25, 0.3) is 0 Å². The maximum absolute atomic E-state index is 13.1. The van der Waals surface area contributed by atoms with Crippen LogP contribution in [-0.2, 0) is 6.42 Å². The van der Waals surface area contributed by atoms with Crippen LogP contribution >= 0.6 is 15.9 Å². The second kappa shape index (κ2) is 5.30. The van der Waals surface area contributed by atoms with Gasteiger partial charge < -0.3 is 5.32 Å². The Morgan fingerprint density at radius 1 is 1.50 bits per heavy atom. The van der Waals surface area contributed by atoms with Gasteiger partial charge in [0.1, 0.15) is 5.82 Å². The molecule has 0 bridgehead atoms. The third-order valence-electron chi connectivity index (χ3n) is 4.00. The smallest absolute Gasteiger partial charge is 0.124 e. The van der Waals surface area contributed by atoms with Crippen molar-refractivity contribution in [2.24, 2.45) is 11.3 Å². The monoisotopic (exact) mass is 313 g/mol. The lowest BCUT2D eigenvalue weighted by Gasteiger charge is -2.20. The molecule has 18 heavy (non-hydrogen) atoms. The predicted octanol–water partition coefficient (Wildman–Crippen LogP) is 4.15. The Balaban J connectivity index is 2.09. The molecule has 0 aliphatic heterocycles. The van der Waals surface area contributed by atoms with Gasteiger partial charge in [-0.05, 0) is 48.4 Å². The number of hydrogen-bond donors (Lipinski definition) is 1. The molecular formula is C15H21BrFN. The van der Waals surface area contributed by atoms with E-state index in [1.807, 2.05) is 6.07 Å². The molecule has 0 spiro atoms. The Bertz CT molecular complexity index is 431. The SMILES string of the molecule is CCNC(Cc1ccc(F)cc1Br)C1CC1(C)C. The van der Waals surface area contributed by atoms with Gasteiger partial charge >= 0.3 is 0 Å². The van der Waals surface area contributed by atoms with Crippen LogP contribution in [0.4, 0.5) is 4.39 Å². The van der Waals surface area contributed by atoms with Crippen molar-refractivity contribution < 1.29 is 4.39 Å². The molecule has 1 aromatic rings. The standard InChI is InChI=1S/C15H21BrFN/c1-4-18-14(12-9-15(12,2)3)7-10-5-6-11(17)8-13(10)16/h5-6,8,12,14,18H,4,7,9H2,1-3H3. The van der Waals surface area contributed by atoms with E-state index in [-0.39, 0.29) is 5.82 Å². The summed E-state index contributed by atoms with van der Waals surface area (Å²) in [6.45, 7) is 7.77. The van der Waals surface area contributed by atoms with Crippen LogP contribution in [0, 0.1) is 17.2 Å². The molecule has 1 nitrogen and oxygen atoms in total. The Morgan fingerprint density at radius 2 is 2.17 bits per heavy atom. The molecule has 3 heteroatoms. The number of benzene rings is 1. The number of likely N-dealkylation sites (N-methyl/N-ethyl adjacent to an activating group) is 1. The van der Waals surface area contributed by atoms with E-state index >= 15 is 0 Å². The van der Waals surface area contributed by atoms with Crippen molar-refractivity contribution >= 4 is 15.9 Å². The predicted molar refractivity (Wildman–Crippen MR) is 77.2 cm³/mol. The van der Waals surface area contributed by atoms with Crippen LogP contribution in [0.5, 0.6) is 0 Å². The van der Waals surface area contributed by atoms with Crippen molar-refractivity contribution in [3.8, 4) is 0 Å². The average Bonchev–Trinajstić information content (AvgIpc) is 2.90. The van der Waals surface area contributed by atoms with Crippen molar-refractivity contribution in [1.29, 1.82) is 0 Å². The Kier molecular flexibility index (Phi) is 4.12. The molecule has 1 aromatic carbocycles. The highest BCUT2D eigenvalue weighted by Crippen LogP contribution is 2.54. The van der Waals surface area contributed by atoms with Gasteiger partial charge in [-0.25, -0.2) is 4.39 Å². The van der Waals surface area contributed by atoms with Crippen LogP contribution in [0.15, 0.2) is 22.7 Å². The zero-order valence-corrected chi connectivity index (χ0v) is 12.8. The highest BCUT2D eigenvalue weighted by atomic mass is 79.9. The molecular weight excluding hydrogens is 293 g/mol. The molecule has 0 heterocycles. The molecule has 1 N–H and O–H groups in total. The number of halogens is 2. The lowest BCUT2D eigenvalue weighted by atomic mass is 9.97. The molecule has 2 unspecified atom stereocenters. The maximum Gasteiger partial charge on any atom is 0.124 e. The molecule has 0 radical (unpaired) electrons. The second-order valence-electron chi connectivity index (χ2n) is 5.90. The highest BCUT2D eigenvalue weighted by Gasteiger charge is 2.49. The van der Waals surface area contributed by atoms with E-state index in [0.29, 0.717) is 11.5 Å². The summed E-state index contributed by atoms with van der Waals surface area (Å²) in [4.78, 5) is 0. The molecule has 1 aliphatic rings. The Morgan fingerprint density at radius 3 is 2.67 bits per heavy atom. The summed E-state index contributed by atoms with van der Waals surface area (Å²) in [6, 6.07) is 5.48. The lowest BCUT2D eigenvalue weighted by Crippen LogP contribution is -2.34. The number of rotatable bonds is 5. The minimum absolute atomic E-state index is 0.183. The average molecular weight is 314 g/mol. The van der Waals surface area contributed by atoms with Crippen molar-refractivity contribution in [1.82, 2.24) is 5.32 Å². The Labute approximate surface area is 117 Å². The number of hydrogen-bond acceptors (Lipinski definition) is 1. The molecule has 100 valence electrons. The van der Waals surface area contributed by atoms with Crippen molar-refractivity contribution in [2.45, 2.75) is 39.7 Å². The molecule has 0 saturated heterocycles. The summed E-state index contributed by atoms with van der Waals surface area (Å²) in [5.41, 5.74) is 1.64. The first kappa shape index (κ1) is 14.0. The van der Waals surface area contributed by atoms with Gasteiger partial charge in [-0.1, -0.05) is 42.8 Å². The summed E-state index contributed by atoms with van der Waals surface area (Å²) in [6.07, 6.45) is 2.24. The third kappa shape index (κ3) is 3.12. The summed E-state index contributed by atoms with van der Waals surface area (Å²) in [5, 5.41) is 3.58. The fourth-order valence-electron chi connectivity index (χ4n) is 2.74. The van der Waals surface area contributed by atoms with Crippen molar-refractivity contribution in [3.05, 3.63) is 34.1 Å². The lowest BCUT2D eigenvalue weighted by molar-refractivity contribution is 0.409. The van der Waals surface area contributed by atoms with E-state index in [0.717, 1.165) is 23.4 Å². The van der Waals surface area contributed by atoms with Crippen LogP contribution in [0.1, 0.15) is 32.8 Å². The normalized spacial score (nSPS) is 22.8. The highest BCUT2D eigenvalue weighted by molar-refractivity contribution is 9.10.